The maximum Gasteiger partial charge on any atom is 0.339 e. The summed E-state index contributed by atoms with van der Waals surface area (Å²) in [4.78, 5) is 24.6. The quantitative estimate of drug-likeness (QED) is 0.768. The first-order chi connectivity index (χ1) is 12.9. The Labute approximate surface area is 162 Å². The summed E-state index contributed by atoms with van der Waals surface area (Å²) in [6, 6.07) is 9.82. The van der Waals surface area contributed by atoms with Crippen LogP contribution in [0.3, 0.4) is 0 Å². The number of piperidine rings is 1. The van der Waals surface area contributed by atoms with Crippen molar-refractivity contribution in [1.82, 2.24) is 4.31 Å². The molecular weight excluding hydrogens is 388 g/mol. The van der Waals surface area contributed by atoms with E-state index in [0.29, 0.717) is 25.1 Å². The van der Waals surface area contributed by atoms with Gasteiger partial charge in [0, 0.05) is 13.1 Å². The number of benzene rings is 1. The number of hydrogen-bond donors (Lipinski definition) is 1. The molecule has 0 spiro atoms. The fraction of sp³-hybridized carbons (Fsp3) is 0.333. The van der Waals surface area contributed by atoms with E-state index in [4.69, 9.17) is 4.74 Å². The second kappa shape index (κ2) is 8.20. The normalized spacial score (nSPS) is 18.0. The van der Waals surface area contributed by atoms with Gasteiger partial charge in [-0.05, 0) is 36.4 Å². The van der Waals surface area contributed by atoms with E-state index in [1.165, 1.54) is 11.4 Å². The third kappa shape index (κ3) is 4.20. The maximum atomic E-state index is 12.7. The number of amides is 1. The molecule has 1 aliphatic rings. The van der Waals surface area contributed by atoms with Gasteiger partial charge in [0.15, 0.2) is 0 Å². The molecule has 1 aliphatic heterocycles. The monoisotopic (exact) mass is 408 g/mol. The summed E-state index contributed by atoms with van der Waals surface area (Å²) >= 11 is 1.16. The molecule has 1 N–H and O–H groups in total. The lowest BCUT2D eigenvalue weighted by atomic mass is 9.98. The third-order valence-corrected chi connectivity index (χ3v) is 7.67. The SMILES string of the molecule is COC(=O)c1ccccc1NC(=O)[C@@H]1CCCN(S(=O)(=O)c2cccs2)C1. The Kier molecular flexibility index (Phi) is 5.93. The molecular formula is C18H20N2O5S2. The Hall–Kier alpha value is -2.23. The number of sulfonamides is 1. The largest absolute Gasteiger partial charge is 0.465 e. The van der Waals surface area contributed by atoms with Gasteiger partial charge in [0.25, 0.3) is 10.0 Å². The molecule has 27 heavy (non-hydrogen) atoms. The smallest absolute Gasteiger partial charge is 0.339 e. The highest BCUT2D eigenvalue weighted by Crippen LogP contribution is 2.27. The molecule has 1 aromatic heterocycles. The van der Waals surface area contributed by atoms with Crippen LogP contribution in [-0.2, 0) is 19.6 Å². The molecule has 0 radical (unpaired) electrons. The summed E-state index contributed by atoms with van der Waals surface area (Å²) in [5.41, 5.74) is 0.611. The van der Waals surface area contributed by atoms with Gasteiger partial charge in [-0.25, -0.2) is 13.2 Å². The van der Waals surface area contributed by atoms with Gasteiger partial charge in [-0.1, -0.05) is 18.2 Å². The number of methoxy groups -OCH3 is 1. The van der Waals surface area contributed by atoms with Gasteiger partial charge < -0.3 is 10.1 Å². The molecule has 1 amide bonds. The van der Waals surface area contributed by atoms with Crippen LogP contribution in [0.25, 0.3) is 0 Å². The van der Waals surface area contributed by atoms with E-state index in [2.05, 4.69) is 5.32 Å². The van der Waals surface area contributed by atoms with Crippen molar-refractivity contribution in [3.05, 3.63) is 47.3 Å². The van der Waals surface area contributed by atoms with E-state index in [0.717, 1.165) is 11.3 Å². The summed E-state index contributed by atoms with van der Waals surface area (Å²) in [5.74, 6) is -1.34. The molecule has 7 nitrogen and oxygen atoms in total. The van der Waals surface area contributed by atoms with Crippen molar-refractivity contribution < 1.29 is 22.7 Å². The number of para-hydroxylation sites is 1. The molecule has 0 unspecified atom stereocenters. The average Bonchev–Trinajstić information content (AvgIpc) is 3.23. The number of nitrogens with zero attached hydrogens (tertiary/aromatic N) is 1. The van der Waals surface area contributed by atoms with Crippen molar-refractivity contribution in [3.8, 4) is 0 Å². The summed E-state index contributed by atoms with van der Waals surface area (Å²) in [7, 11) is -2.31. The van der Waals surface area contributed by atoms with Crippen molar-refractivity contribution in [2.75, 3.05) is 25.5 Å². The van der Waals surface area contributed by atoms with Crippen LogP contribution in [0.4, 0.5) is 5.69 Å². The lowest BCUT2D eigenvalue weighted by Gasteiger charge is -2.30. The van der Waals surface area contributed by atoms with Crippen LogP contribution >= 0.6 is 11.3 Å². The van der Waals surface area contributed by atoms with Crippen molar-refractivity contribution in [2.45, 2.75) is 17.1 Å². The fourth-order valence-electron chi connectivity index (χ4n) is 3.03. The van der Waals surface area contributed by atoms with Gasteiger partial charge in [0.2, 0.25) is 5.91 Å². The van der Waals surface area contributed by atoms with E-state index in [9.17, 15) is 18.0 Å². The van der Waals surface area contributed by atoms with Crippen LogP contribution in [0.1, 0.15) is 23.2 Å². The van der Waals surface area contributed by atoms with Gasteiger partial charge in [-0.15, -0.1) is 11.3 Å². The van der Waals surface area contributed by atoms with Gasteiger partial charge in [0.1, 0.15) is 4.21 Å². The van der Waals surface area contributed by atoms with Gasteiger partial charge in [-0.2, -0.15) is 4.31 Å². The van der Waals surface area contributed by atoms with E-state index >= 15 is 0 Å². The molecule has 3 rings (SSSR count). The second-order valence-corrected chi connectivity index (χ2v) is 9.27. The second-order valence-electron chi connectivity index (χ2n) is 6.16. The van der Waals surface area contributed by atoms with Crippen LogP contribution in [0.2, 0.25) is 0 Å². The van der Waals surface area contributed by atoms with Crippen LogP contribution in [0.5, 0.6) is 0 Å². The van der Waals surface area contributed by atoms with Crippen molar-refractivity contribution >= 4 is 38.9 Å². The summed E-state index contributed by atoms with van der Waals surface area (Å²) in [6.07, 6.45) is 1.18. The standard InChI is InChI=1S/C18H20N2O5S2/c1-25-18(22)14-7-2-3-8-15(14)19-17(21)13-6-4-10-20(12-13)27(23,24)16-9-5-11-26-16/h2-3,5,7-9,11,13H,4,6,10,12H2,1H3,(H,19,21)/t13-/m1/s1. The zero-order chi connectivity index (χ0) is 19.4. The minimum Gasteiger partial charge on any atom is -0.465 e. The highest BCUT2D eigenvalue weighted by Gasteiger charge is 2.34. The maximum absolute atomic E-state index is 12.7. The Balaban J connectivity index is 1.74. The molecule has 1 fully saturated rings. The molecule has 9 heteroatoms. The lowest BCUT2D eigenvalue weighted by Crippen LogP contribution is -2.43. The summed E-state index contributed by atoms with van der Waals surface area (Å²) in [6.45, 7) is 0.509. The predicted molar refractivity (Wildman–Crippen MR) is 102 cm³/mol. The number of nitrogens with one attached hydrogen (secondary N) is 1. The van der Waals surface area contributed by atoms with Crippen LogP contribution in [-0.4, -0.2) is 44.8 Å². The van der Waals surface area contributed by atoms with E-state index in [1.54, 1.807) is 41.8 Å². The molecule has 2 heterocycles. The van der Waals surface area contributed by atoms with Gasteiger partial charge in [-0.3, -0.25) is 4.79 Å². The van der Waals surface area contributed by atoms with Crippen molar-refractivity contribution in [2.24, 2.45) is 5.92 Å². The number of carbonyl (C=O) groups is 2. The number of thiophene rings is 1. The molecule has 1 atom stereocenters. The average molecular weight is 409 g/mol. The molecule has 1 saturated heterocycles. The molecule has 2 aromatic rings. The molecule has 1 aromatic carbocycles. The summed E-state index contributed by atoms with van der Waals surface area (Å²) < 4.78 is 31.8. The first-order valence-corrected chi connectivity index (χ1v) is 10.8. The highest BCUT2D eigenvalue weighted by atomic mass is 32.2. The molecule has 0 bridgehead atoms. The number of ether oxygens (including phenoxy) is 1. The number of esters is 1. The molecule has 0 saturated carbocycles. The van der Waals surface area contributed by atoms with Crippen LogP contribution in [0.15, 0.2) is 46.0 Å². The number of carbonyl (C=O) groups excluding carboxylic acids is 2. The fourth-order valence-corrected chi connectivity index (χ4v) is 5.70. The minimum absolute atomic E-state index is 0.118. The zero-order valence-corrected chi connectivity index (χ0v) is 16.4. The highest BCUT2D eigenvalue weighted by molar-refractivity contribution is 7.91. The Morgan fingerprint density at radius 2 is 2.00 bits per heavy atom. The van der Waals surface area contributed by atoms with Crippen molar-refractivity contribution in [1.29, 1.82) is 0 Å². The summed E-state index contributed by atoms with van der Waals surface area (Å²) in [5, 5.41) is 4.46. The van der Waals surface area contributed by atoms with Crippen LogP contribution < -0.4 is 5.32 Å². The van der Waals surface area contributed by atoms with E-state index in [1.807, 2.05) is 0 Å². The number of anilines is 1. The molecule has 144 valence electrons. The van der Waals surface area contributed by atoms with Crippen molar-refractivity contribution in [3.63, 3.8) is 0 Å². The Morgan fingerprint density at radius 1 is 1.22 bits per heavy atom. The first-order valence-electron chi connectivity index (χ1n) is 8.45. The lowest BCUT2D eigenvalue weighted by molar-refractivity contribution is -0.120. The number of hydrogen-bond acceptors (Lipinski definition) is 6. The van der Waals surface area contributed by atoms with Gasteiger partial charge >= 0.3 is 5.97 Å². The van der Waals surface area contributed by atoms with Crippen LogP contribution in [0, 0.1) is 5.92 Å². The predicted octanol–water partition coefficient (Wildman–Crippen LogP) is 2.57. The van der Waals surface area contributed by atoms with Gasteiger partial charge in [0.05, 0.1) is 24.3 Å². The Morgan fingerprint density at radius 3 is 2.70 bits per heavy atom. The first kappa shape index (κ1) is 19.5. The van der Waals surface area contributed by atoms with E-state index in [-0.39, 0.29) is 22.2 Å². The molecule has 0 aliphatic carbocycles. The Bertz CT molecular complexity index is 925. The number of rotatable bonds is 5. The minimum atomic E-state index is -3.59. The van der Waals surface area contributed by atoms with E-state index < -0.39 is 21.9 Å². The zero-order valence-electron chi connectivity index (χ0n) is 14.8. The topological polar surface area (TPSA) is 92.8 Å². The third-order valence-electron chi connectivity index (χ3n) is 4.43.